The summed E-state index contributed by atoms with van der Waals surface area (Å²) in [4.78, 5) is 26.1. The van der Waals surface area contributed by atoms with Crippen LogP contribution in [0.2, 0.25) is 0 Å². The first-order chi connectivity index (χ1) is 11.0. The minimum Gasteiger partial charge on any atom is -0.503 e. The molecule has 0 aromatic heterocycles. The van der Waals surface area contributed by atoms with Gasteiger partial charge in [0, 0.05) is 5.69 Å². The molecule has 1 atom stereocenters. The monoisotopic (exact) mass is 307 g/mol. The second kappa shape index (κ2) is 5.72. The highest BCUT2D eigenvalue weighted by atomic mass is 16.3. The highest BCUT2D eigenvalue weighted by Crippen LogP contribution is 2.40. The maximum absolute atomic E-state index is 12.6. The summed E-state index contributed by atoms with van der Waals surface area (Å²) in [5, 5.41) is 10.2. The van der Waals surface area contributed by atoms with E-state index < -0.39 is 17.7 Å². The van der Waals surface area contributed by atoms with Gasteiger partial charge in [0.2, 0.25) is 0 Å². The summed E-state index contributed by atoms with van der Waals surface area (Å²) in [5.41, 5.74) is 2.59. The van der Waals surface area contributed by atoms with E-state index in [1.807, 2.05) is 55.5 Å². The third kappa shape index (κ3) is 2.52. The minimum absolute atomic E-state index is 0.141. The molecule has 4 nitrogen and oxygen atoms in total. The van der Waals surface area contributed by atoms with Crippen LogP contribution in [0.25, 0.3) is 0 Å². The van der Waals surface area contributed by atoms with E-state index in [2.05, 4.69) is 0 Å². The van der Waals surface area contributed by atoms with Crippen LogP contribution in [0.1, 0.15) is 24.1 Å². The predicted octanol–water partition coefficient (Wildman–Crippen LogP) is 3.48. The molecule has 4 heteroatoms. The largest absolute Gasteiger partial charge is 0.503 e. The molecule has 1 heterocycles. The highest BCUT2D eigenvalue weighted by molar-refractivity contribution is 6.16. The molecule has 0 aliphatic carbocycles. The molecule has 2 aromatic rings. The van der Waals surface area contributed by atoms with Crippen molar-refractivity contribution in [3.05, 3.63) is 77.1 Å². The van der Waals surface area contributed by atoms with E-state index >= 15 is 0 Å². The molecule has 1 unspecified atom stereocenters. The number of carbonyl (C=O) groups is 2. The second-order valence-corrected chi connectivity index (χ2v) is 5.65. The minimum atomic E-state index is -0.608. The molecule has 2 aromatic carbocycles. The number of benzene rings is 2. The SMILES string of the molecule is CC(=O)C1=C(O)C(=O)N(c2cccc(C)c2)C1c1ccccc1. The van der Waals surface area contributed by atoms with Gasteiger partial charge in [-0.2, -0.15) is 0 Å². The van der Waals surface area contributed by atoms with Gasteiger partial charge in [0.1, 0.15) is 0 Å². The van der Waals surface area contributed by atoms with Gasteiger partial charge in [-0.25, -0.2) is 0 Å². The molecule has 0 saturated carbocycles. The van der Waals surface area contributed by atoms with Crippen LogP contribution in [-0.4, -0.2) is 16.8 Å². The molecule has 1 N–H and O–H groups in total. The number of hydrogen-bond acceptors (Lipinski definition) is 3. The fourth-order valence-electron chi connectivity index (χ4n) is 2.96. The van der Waals surface area contributed by atoms with Gasteiger partial charge in [-0.15, -0.1) is 0 Å². The number of anilines is 1. The van der Waals surface area contributed by atoms with Gasteiger partial charge in [-0.3, -0.25) is 14.5 Å². The first kappa shape index (κ1) is 15.0. The highest BCUT2D eigenvalue weighted by Gasteiger charge is 2.43. The van der Waals surface area contributed by atoms with E-state index in [9.17, 15) is 14.7 Å². The average molecular weight is 307 g/mol. The van der Waals surface area contributed by atoms with Crippen molar-refractivity contribution in [2.24, 2.45) is 0 Å². The van der Waals surface area contributed by atoms with Gasteiger partial charge in [0.05, 0.1) is 11.6 Å². The molecule has 1 amide bonds. The van der Waals surface area contributed by atoms with Gasteiger partial charge >= 0.3 is 0 Å². The molecule has 1 aliphatic rings. The van der Waals surface area contributed by atoms with E-state index in [1.165, 1.54) is 11.8 Å². The molecule has 116 valence electrons. The van der Waals surface area contributed by atoms with Crippen molar-refractivity contribution in [2.45, 2.75) is 19.9 Å². The lowest BCUT2D eigenvalue weighted by atomic mass is 9.96. The summed E-state index contributed by atoms with van der Waals surface area (Å²) < 4.78 is 0. The number of ketones is 1. The molecule has 23 heavy (non-hydrogen) atoms. The van der Waals surface area contributed by atoms with E-state index in [-0.39, 0.29) is 11.4 Å². The Balaban J connectivity index is 2.19. The lowest BCUT2D eigenvalue weighted by Crippen LogP contribution is -2.30. The molecular weight excluding hydrogens is 290 g/mol. The van der Waals surface area contributed by atoms with Crippen molar-refractivity contribution >= 4 is 17.4 Å². The summed E-state index contributed by atoms with van der Waals surface area (Å²) in [7, 11) is 0. The summed E-state index contributed by atoms with van der Waals surface area (Å²) in [6, 6.07) is 16.1. The van der Waals surface area contributed by atoms with Crippen LogP contribution in [0.4, 0.5) is 5.69 Å². The van der Waals surface area contributed by atoms with Crippen molar-refractivity contribution in [3.8, 4) is 0 Å². The van der Waals surface area contributed by atoms with Gasteiger partial charge in [0.25, 0.3) is 5.91 Å². The third-order valence-corrected chi connectivity index (χ3v) is 3.98. The molecule has 0 fully saturated rings. The number of aryl methyl sites for hydroxylation is 1. The molecule has 3 rings (SSSR count). The van der Waals surface area contributed by atoms with E-state index in [0.717, 1.165) is 11.1 Å². The van der Waals surface area contributed by atoms with Gasteiger partial charge in [-0.05, 0) is 37.1 Å². The Bertz CT molecular complexity index is 808. The van der Waals surface area contributed by atoms with Crippen molar-refractivity contribution < 1.29 is 14.7 Å². The second-order valence-electron chi connectivity index (χ2n) is 5.65. The van der Waals surface area contributed by atoms with E-state index in [0.29, 0.717) is 5.69 Å². The molecule has 0 radical (unpaired) electrons. The summed E-state index contributed by atoms with van der Waals surface area (Å²) in [5.74, 6) is -1.32. The van der Waals surface area contributed by atoms with Crippen LogP contribution in [0, 0.1) is 6.92 Å². The lowest BCUT2D eigenvalue weighted by Gasteiger charge is -2.27. The molecule has 0 spiro atoms. The third-order valence-electron chi connectivity index (χ3n) is 3.98. The number of aliphatic hydroxyl groups excluding tert-OH is 1. The van der Waals surface area contributed by atoms with Crippen molar-refractivity contribution in [3.63, 3.8) is 0 Å². The molecule has 0 saturated heterocycles. The first-order valence-electron chi connectivity index (χ1n) is 7.40. The smallest absolute Gasteiger partial charge is 0.294 e. The van der Waals surface area contributed by atoms with Crippen LogP contribution in [0.3, 0.4) is 0 Å². The number of aliphatic hydroxyl groups is 1. The first-order valence-corrected chi connectivity index (χ1v) is 7.40. The van der Waals surface area contributed by atoms with E-state index in [4.69, 9.17) is 0 Å². The Kier molecular flexibility index (Phi) is 3.74. The number of amides is 1. The zero-order valence-corrected chi connectivity index (χ0v) is 13.0. The Morgan fingerprint density at radius 3 is 2.39 bits per heavy atom. The predicted molar refractivity (Wildman–Crippen MR) is 88.2 cm³/mol. The van der Waals surface area contributed by atoms with Crippen molar-refractivity contribution in [2.75, 3.05) is 4.90 Å². The number of nitrogens with zero attached hydrogens (tertiary/aromatic N) is 1. The topological polar surface area (TPSA) is 57.6 Å². The number of hydrogen-bond donors (Lipinski definition) is 1. The normalized spacial score (nSPS) is 17.7. The quantitative estimate of drug-likeness (QED) is 0.944. The number of carbonyl (C=O) groups excluding carboxylic acids is 2. The summed E-state index contributed by atoms with van der Waals surface area (Å²) in [6.07, 6.45) is 0. The zero-order chi connectivity index (χ0) is 16.6. The number of Topliss-reactive ketones (excluding diaryl/α,β-unsaturated/α-hetero) is 1. The summed E-state index contributed by atoms with van der Waals surface area (Å²) in [6.45, 7) is 3.30. The van der Waals surface area contributed by atoms with Crippen molar-refractivity contribution in [1.29, 1.82) is 0 Å². The van der Waals surface area contributed by atoms with Crippen molar-refractivity contribution in [1.82, 2.24) is 0 Å². The average Bonchev–Trinajstić information content (AvgIpc) is 2.80. The van der Waals surface area contributed by atoms with Crippen LogP contribution >= 0.6 is 0 Å². The Hall–Kier alpha value is -2.88. The zero-order valence-electron chi connectivity index (χ0n) is 13.0. The standard InChI is InChI=1S/C19H17NO3/c1-12-7-6-10-15(11-12)20-17(14-8-4-3-5-9-14)16(13(2)21)18(22)19(20)23/h3-11,17,22H,1-2H3. The molecule has 1 aliphatic heterocycles. The molecule has 0 bridgehead atoms. The number of rotatable bonds is 3. The van der Waals surface area contributed by atoms with Crippen LogP contribution in [0.5, 0.6) is 0 Å². The Morgan fingerprint density at radius 1 is 1.09 bits per heavy atom. The maximum Gasteiger partial charge on any atom is 0.294 e. The van der Waals surface area contributed by atoms with Gasteiger partial charge < -0.3 is 5.11 Å². The maximum atomic E-state index is 12.6. The van der Waals surface area contributed by atoms with Crippen LogP contribution in [0.15, 0.2) is 65.9 Å². The Morgan fingerprint density at radius 2 is 1.78 bits per heavy atom. The fraction of sp³-hybridized carbons (Fsp3) is 0.158. The summed E-state index contributed by atoms with van der Waals surface area (Å²) >= 11 is 0. The van der Waals surface area contributed by atoms with Crippen LogP contribution in [-0.2, 0) is 9.59 Å². The van der Waals surface area contributed by atoms with E-state index in [1.54, 1.807) is 6.07 Å². The Labute approximate surface area is 134 Å². The van der Waals surface area contributed by atoms with Crippen LogP contribution < -0.4 is 4.90 Å². The van der Waals surface area contributed by atoms with Gasteiger partial charge in [-0.1, -0.05) is 42.5 Å². The lowest BCUT2D eigenvalue weighted by molar-refractivity contribution is -0.117. The van der Waals surface area contributed by atoms with Gasteiger partial charge in [0.15, 0.2) is 11.5 Å². The molecular formula is C19H17NO3. The fourth-order valence-corrected chi connectivity index (χ4v) is 2.96.